The van der Waals surface area contributed by atoms with E-state index < -0.39 is 0 Å². The fourth-order valence-corrected chi connectivity index (χ4v) is 4.34. The first kappa shape index (κ1) is 15.7. The van der Waals surface area contributed by atoms with Gasteiger partial charge in [0.1, 0.15) is 5.75 Å². The standard InChI is InChI=1S/C20H31NO/c22-20-13-7-12-19(14-20)21(15-17-8-3-1-4-9-17)16-18-10-5-2-6-11-18/h7,12-14,17-18,22H,1-6,8-11,15-16H2. The molecule has 2 saturated carbocycles. The molecule has 1 aromatic rings. The average molecular weight is 301 g/mol. The zero-order chi connectivity index (χ0) is 15.2. The lowest BCUT2D eigenvalue weighted by molar-refractivity contribution is 0.327. The van der Waals surface area contributed by atoms with Crippen LogP contribution < -0.4 is 4.90 Å². The number of rotatable bonds is 5. The molecule has 2 aliphatic carbocycles. The summed E-state index contributed by atoms with van der Waals surface area (Å²) in [5.74, 6) is 2.09. The first-order valence-corrected chi connectivity index (χ1v) is 9.35. The summed E-state index contributed by atoms with van der Waals surface area (Å²) in [5, 5.41) is 9.85. The molecule has 1 N–H and O–H groups in total. The predicted octanol–water partition coefficient (Wildman–Crippen LogP) is 5.36. The van der Waals surface area contributed by atoms with Crippen molar-refractivity contribution in [3.8, 4) is 5.75 Å². The van der Waals surface area contributed by atoms with Crippen molar-refractivity contribution < 1.29 is 5.11 Å². The summed E-state index contributed by atoms with van der Waals surface area (Å²) in [6.45, 7) is 2.36. The van der Waals surface area contributed by atoms with Crippen LogP contribution in [0.2, 0.25) is 0 Å². The van der Waals surface area contributed by atoms with E-state index in [-0.39, 0.29) is 0 Å². The molecule has 0 unspecified atom stereocenters. The smallest absolute Gasteiger partial charge is 0.117 e. The zero-order valence-electron chi connectivity index (χ0n) is 13.8. The molecule has 0 radical (unpaired) electrons. The summed E-state index contributed by atoms with van der Waals surface area (Å²) in [6, 6.07) is 7.89. The Bertz CT molecular complexity index is 427. The zero-order valence-corrected chi connectivity index (χ0v) is 13.8. The number of phenols is 1. The van der Waals surface area contributed by atoms with Crippen LogP contribution >= 0.6 is 0 Å². The molecule has 2 fully saturated rings. The topological polar surface area (TPSA) is 23.5 Å². The summed E-state index contributed by atoms with van der Waals surface area (Å²) >= 11 is 0. The Morgan fingerprint density at radius 2 is 1.36 bits per heavy atom. The minimum absolute atomic E-state index is 0.398. The van der Waals surface area contributed by atoms with E-state index in [1.807, 2.05) is 12.1 Å². The van der Waals surface area contributed by atoms with Crippen molar-refractivity contribution in [2.24, 2.45) is 11.8 Å². The van der Waals surface area contributed by atoms with Crippen LogP contribution in [0.5, 0.6) is 5.75 Å². The van der Waals surface area contributed by atoms with Crippen LogP contribution in [0.15, 0.2) is 24.3 Å². The van der Waals surface area contributed by atoms with Crippen molar-refractivity contribution in [3.63, 3.8) is 0 Å². The van der Waals surface area contributed by atoms with Gasteiger partial charge in [-0.1, -0.05) is 44.6 Å². The third-order valence-corrected chi connectivity index (χ3v) is 5.60. The minimum atomic E-state index is 0.398. The van der Waals surface area contributed by atoms with Crippen LogP contribution in [0.4, 0.5) is 5.69 Å². The highest BCUT2D eigenvalue weighted by Crippen LogP contribution is 2.31. The Labute approximate surface area is 135 Å². The van der Waals surface area contributed by atoms with Crippen LogP contribution in [0.1, 0.15) is 64.2 Å². The van der Waals surface area contributed by atoms with Gasteiger partial charge in [0.2, 0.25) is 0 Å². The second-order valence-electron chi connectivity index (χ2n) is 7.43. The highest BCUT2D eigenvalue weighted by atomic mass is 16.3. The van der Waals surface area contributed by atoms with Crippen molar-refractivity contribution in [3.05, 3.63) is 24.3 Å². The molecule has 0 spiro atoms. The number of anilines is 1. The van der Waals surface area contributed by atoms with Gasteiger partial charge < -0.3 is 10.0 Å². The van der Waals surface area contributed by atoms with Crippen LogP contribution in [0.3, 0.4) is 0 Å². The molecule has 22 heavy (non-hydrogen) atoms. The van der Waals surface area contributed by atoms with Gasteiger partial charge in [0.25, 0.3) is 0 Å². The Kier molecular flexibility index (Phi) is 5.64. The SMILES string of the molecule is Oc1cccc(N(CC2CCCCC2)CC2CCCCC2)c1. The van der Waals surface area contributed by atoms with Gasteiger partial charge in [-0.3, -0.25) is 0 Å². The molecule has 0 bridgehead atoms. The third-order valence-electron chi connectivity index (χ3n) is 5.60. The lowest BCUT2D eigenvalue weighted by atomic mass is 9.86. The fraction of sp³-hybridized carbons (Fsp3) is 0.700. The van der Waals surface area contributed by atoms with E-state index in [4.69, 9.17) is 0 Å². The molecule has 0 saturated heterocycles. The quantitative estimate of drug-likeness (QED) is 0.791. The number of benzene rings is 1. The van der Waals surface area contributed by atoms with Crippen molar-refractivity contribution in [2.75, 3.05) is 18.0 Å². The van der Waals surface area contributed by atoms with Gasteiger partial charge in [-0.15, -0.1) is 0 Å². The molecule has 0 aromatic heterocycles. The van der Waals surface area contributed by atoms with Crippen LogP contribution in [-0.4, -0.2) is 18.2 Å². The van der Waals surface area contributed by atoms with Gasteiger partial charge in [-0.05, 0) is 49.7 Å². The second-order valence-corrected chi connectivity index (χ2v) is 7.43. The molecule has 122 valence electrons. The van der Waals surface area contributed by atoms with Crippen LogP contribution in [0, 0.1) is 11.8 Å². The van der Waals surface area contributed by atoms with E-state index in [0.29, 0.717) is 5.75 Å². The van der Waals surface area contributed by atoms with E-state index in [1.54, 1.807) is 6.07 Å². The Balaban J connectivity index is 1.68. The Morgan fingerprint density at radius 1 is 0.818 bits per heavy atom. The normalized spacial score (nSPS) is 20.9. The van der Waals surface area contributed by atoms with Gasteiger partial charge in [0.05, 0.1) is 0 Å². The number of hydrogen-bond donors (Lipinski definition) is 1. The molecule has 0 heterocycles. The van der Waals surface area contributed by atoms with Gasteiger partial charge >= 0.3 is 0 Å². The molecular weight excluding hydrogens is 270 g/mol. The number of phenolic OH excluding ortho intramolecular Hbond substituents is 1. The summed E-state index contributed by atoms with van der Waals surface area (Å²) in [7, 11) is 0. The maximum absolute atomic E-state index is 9.85. The molecule has 0 amide bonds. The second kappa shape index (κ2) is 7.89. The lowest BCUT2D eigenvalue weighted by Gasteiger charge is -2.35. The van der Waals surface area contributed by atoms with Crippen LogP contribution in [-0.2, 0) is 0 Å². The first-order chi connectivity index (χ1) is 10.8. The molecular formula is C20H31NO. The molecule has 1 aromatic carbocycles. The predicted molar refractivity (Wildman–Crippen MR) is 93.5 cm³/mol. The first-order valence-electron chi connectivity index (χ1n) is 9.35. The van der Waals surface area contributed by atoms with E-state index in [2.05, 4.69) is 11.0 Å². The van der Waals surface area contributed by atoms with Crippen LogP contribution in [0.25, 0.3) is 0 Å². The average Bonchev–Trinajstić information content (AvgIpc) is 2.56. The molecule has 2 heteroatoms. The van der Waals surface area contributed by atoms with Crippen molar-refractivity contribution >= 4 is 5.69 Å². The van der Waals surface area contributed by atoms with Gasteiger partial charge in [0.15, 0.2) is 0 Å². The Morgan fingerprint density at radius 3 is 1.86 bits per heavy atom. The largest absolute Gasteiger partial charge is 0.508 e. The van der Waals surface area contributed by atoms with E-state index in [9.17, 15) is 5.11 Å². The fourth-order valence-electron chi connectivity index (χ4n) is 4.34. The number of aromatic hydroxyl groups is 1. The maximum atomic E-state index is 9.85. The highest BCUT2D eigenvalue weighted by Gasteiger charge is 2.22. The maximum Gasteiger partial charge on any atom is 0.117 e. The van der Waals surface area contributed by atoms with E-state index in [0.717, 1.165) is 11.8 Å². The third kappa shape index (κ3) is 4.41. The van der Waals surface area contributed by atoms with Gasteiger partial charge in [0, 0.05) is 24.8 Å². The monoisotopic (exact) mass is 301 g/mol. The van der Waals surface area contributed by atoms with Crippen molar-refractivity contribution in [1.82, 2.24) is 0 Å². The highest BCUT2D eigenvalue weighted by molar-refractivity contribution is 5.50. The van der Waals surface area contributed by atoms with Crippen molar-refractivity contribution in [2.45, 2.75) is 64.2 Å². The minimum Gasteiger partial charge on any atom is -0.508 e. The lowest BCUT2D eigenvalue weighted by Crippen LogP contribution is -2.35. The molecule has 2 nitrogen and oxygen atoms in total. The molecule has 3 rings (SSSR count). The molecule has 0 aliphatic heterocycles. The number of hydrogen-bond acceptors (Lipinski definition) is 2. The van der Waals surface area contributed by atoms with Gasteiger partial charge in [-0.2, -0.15) is 0 Å². The summed E-state index contributed by atoms with van der Waals surface area (Å²) < 4.78 is 0. The summed E-state index contributed by atoms with van der Waals surface area (Å²) in [4.78, 5) is 2.58. The Hall–Kier alpha value is -1.18. The molecule has 2 aliphatic rings. The molecule has 0 atom stereocenters. The summed E-state index contributed by atoms with van der Waals surface area (Å²) in [6.07, 6.45) is 14.0. The van der Waals surface area contributed by atoms with Gasteiger partial charge in [-0.25, -0.2) is 0 Å². The summed E-state index contributed by atoms with van der Waals surface area (Å²) in [5.41, 5.74) is 1.22. The number of nitrogens with zero attached hydrogens (tertiary/aromatic N) is 1. The van der Waals surface area contributed by atoms with E-state index >= 15 is 0 Å². The van der Waals surface area contributed by atoms with E-state index in [1.165, 1.54) is 83.0 Å². The van der Waals surface area contributed by atoms with Crippen molar-refractivity contribution in [1.29, 1.82) is 0 Å².